The Morgan fingerprint density at radius 2 is 1.83 bits per heavy atom. The van der Waals surface area contributed by atoms with Crippen LogP contribution in [0.15, 0.2) is 53.0 Å². The van der Waals surface area contributed by atoms with Gasteiger partial charge in [-0.25, -0.2) is 0 Å². The molecule has 2 aromatic rings. The van der Waals surface area contributed by atoms with E-state index in [4.69, 9.17) is 0 Å². The molecule has 0 aliphatic heterocycles. The van der Waals surface area contributed by atoms with Gasteiger partial charge in [0.2, 0.25) is 11.8 Å². The van der Waals surface area contributed by atoms with Crippen molar-refractivity contribution in [1.82, 2.24) is 4.90 Å². The summed E-state index contributed by atoms with van der Waals surface area (Å²) >= 11 is 3.40. The number of carbonyl (C=O) groups excluding carboxylic acids is 2. The molecule has 0 unspecified atom stereocenters. The summed E-state index contributed by atoms with van der Waals surface area (Å²) in [6.07, 6.45) is -0.177. The molecule has 0 heterocycles. The third-order valence-corrected chi connectivity index (χ3v) is 4.05. The van der Waals surface area contributed by atoms with Crippen LogP contribution in [-0.4, -0.2) is 23.8 Å². The molecule has 1 N–H and O–H groups in total. The lowest BCUT2D eigenvalue weighted by atomic mass is 10.2. The van der Waals surface area contributed by atoms with Crippen LogP contribution in [-0.2, 0) is 16.1 Å². The van der Waals surface area contributed by atoms with Crippen LogP contribution in [0.2, 0.25) is 0 Å². The van der Waals surface area contributed by atoms with E-state index in [1.54, 1.807) is 11.9 Å². The molecule has 0 aromatic heterocycles. The van der Waals surface area contributed by atoms with Crippen LogP contribution in [0.3, 0.4) is 0 Å². The fourth-order valence-corrected chi connectivity index (χ4v) is 2.73. The lowest BCUT2D eigenvalue weighted by molar-refractivity contribution is -0.133. The average molecular weight is 375 g/mol. The van der Waals surface area contributed by atoms with Crippen LogP contribution in [0.1, 0.15) is 17.5 Å². The van der Waals surface area contributed by atoms with Gasteiger partial charge in [-0.1, -0.05) is 36.4 Å². The summed E-state index contributed by atoms with van der Waals surface area (Å²) < 4.78 is 0.802. The van der Waals surface area contributed by atoms with E-state index in [-0.39, 0.29) is 18.2 Å². The second-order valence-electron chi connectivity index (χ2n) is 5.44. The zero-order valence-electron chi connectivity index (χ0n) is 13.2. The molecule has 2 aromatic carbocycles. The largest absolute Gasteiger partial charge is 0.341 e. The van der Waals surface area contributed by atoms with Gasteiger partial charge in [0.15, 0.2) is 0 Å². The van der Waals surface area contributed by atoms with Crippen molar-refractivity contribution in [3.05, 3.63) is 64.1 Å². The molecular weight excluding hydrogens is 356 g/mol. The Labute approximate surface area is 144 Å². The predicted molar refractivity (Wildman–Crippen MR) is 95.0 cm³/mol. The minimum atomic E-state index is -0.320. The molecule has 0 saturated heterocycles. The average Bonchev–Trinajstić information content (AvgIpc) is 2.51. The molecule has 0 radical (unpaired) electrons. The smallest absolute Gasteiger partial charge is 0.233 e. The fraction of sp³-hybridized carbons (Fsp3) is 0.222. The van der Waals surface area contributed by atoms with Gasteiger partial charge in [-0.2, -0.15) is 0 Å². The Bertz CT molecular complexity index is 701. The molecule has 0 saturated carbocycles. The van der Waals surface area contributed by atoms with Crippen LogP contribution in [0.25, 0.3) is 0 Å². The number of amides is 2. The van der Waals surface area contributed by atoms with Crippen LogP contribution in [0, 0.1) is 6.92 Å². The molecule has 5 heteroatoms. The van der Waals surface area contributed by atoms with E-state index in [1.165, 1.54) is 0 Å². The van der Waals surface area contributed by atoms with E-state index in [2.05, 4.69) is 21.2 Å². The molecule has 120 valence electrons. The minimum Gasteiger partial charge on any atom is -0.341 e. The van der Waals surface area contributed by atoms with Gasteiger partial charge in [0.05, 0.1) is 5.69 Å². The van der Waals surface area contributed by atoms with Crippen LogP contribution >= 0.6 is 15.9 Å². The van der Waals surface area contributed by atoms with Crippen molar-refractivity contribution >= 4 is 33.4 Å². The molecule has 2 rings (SSSR count). The van der Waals surface area contributed by atoms with E-state index in [0.29, 0.717) is 12.2 Å². The lowest BCUT2D eigenvalue weighted by Gasteiger charge is -2.17. The summed E-state index contributed by atoms with van der Waals surface area (Å²) in [5.74, 6) is -0.533. The van der Waals surface area contributed by atoms with Crippen molar-refractivity contribution in [1.29, 1.82) is 0 Å². The Balaban J connectivity index is 1.90. The van der Waals surface area contributed by atoms with Crippen LogP contribution in [0.5, 0.6) is 0 Å². The molecule has 4 nitrogen and oxygen atoms in total. The van der Waals surface area contributed by atoms with Crippen molar-refractivity contribution in [2.75, 3.05) is 12.4 Å². The Morgan fingerprint density at radius 1 is 1.13 bits per heavy atom. The first kappa shape index (κ1) is 17.2. The van der Waals surface area contributed by atoms with Gasteiger partial charge in [-0.15, -0.1) is 0 Å². The number of nitrogens with zero attached hydrogens (tertiary/aromatic N) is 1. The summed E-state index contributed by atoms with van der Waals surface area (Å²) in [4.78, 5) is 25.7. The Kier molecular flexibility index (Phi) is 5.93. The highest BCUT2D eigenvalue weighted by Crippen LogP contribution is 2.23. The molecular formula is C18H19BrN2O2. The highest BCUT2D eigenvalue weighted by Gasteiger charge is 2.15. The summed E-state index contributed by atoms with van der Waals surface area (Å²) in [6, 6.07) is 15.3. The SMILES string of the molecule is Cc1ccc(NC(=O)CC(=O)N(C)Cc2ccccc2)c(Br)c1. The second-order valence-corrected chi connectivity index (χ2v) is 6.30. The number of rotatable bonds is 5. The van der Waals surface area contributed by atoms with Gasteiger partial charge < -0.3 is 10.2 Å². The highest BCUT2D eigenvalue weighted by atomic mass is 79.9. The summed E-state index contributed by atoms with van der Waals surface area (Å²) in [5.41, 5.74) is 2.79. The number of anilines is 1. The summed E-state index contributed by atoms with van der Waals surface area (Å²) in [6.45, 7) is 2.46. The third-order valence-electron chi connectivity index (χ3n) is 3.40. The minimum absolute atomic E-state index is 0.177. The number of carbonyl (C=O) groups is 2. The van der Waals surface area contributed by atoms with Gasteiger partial charge in [-0.05, 0) is 46.1 Å². The van der Waals surface area contributed by atoms with Crippen molar-refractivity contribution in [2.24, 2.45) is 0 Å². The van der Waals surface area contributed by atoms with Crippen molar-refractivity contribution < 1.29 is 9.59 Å². The standard InChI is InChI=1S/C18H19BrN2O2/c1-13-8-9-16(15(19)10-13)20-17(22)11-18(23)21(2)12-14-6-4-3-5-7-14/h3-10H,11-12H2,1-2H3,(H,20,22). The zero-order chi connectivity index (χ0) is 16.8. The van der Waals surface area contributed by atoms with Crippen molar-refractivity contribution in [3.8, 4) is 0 Å². The number of benzene rings is 2. The van der Waals surface area contributed by atoms with Gasteiger partial charge in [0.25, 0.3) is 0 Å². The summed E-state index contributed by atoms with van der Waals surface area (Å²) in [5, 5.41) is 2.75. The van der Waals surface area contributed by atoms with Crippen molar-refractivity contribution in [2.45, 2.75) is 19.9 Å². The monoisotopic (exact) mass is 374 g/mol. The number of hydrogen-bond donors (Lipinski definition) is 1. The number of aryl methyl sites for hydroxylation is 1. The van der Waals surface area contributed by atoms with Gasteiger partial charge in [0.1, 0.15) is 6.42 Å². The Hall–Kier alpha value is -2.14. The topological polar surface area (TPSA) is 49.4 Å². The molecule has 0 aliphatic carbocycles. The van der Waals surface area contributed by atoms with Gasteiger partial charge in [0, 0.05) is 18.1 Å². The number of hydrogen-bond acceptors (Lipinski definition) is 2. The van der Waals surface area contributed by atoms with E-state index in [0.717, 1.165) is 15.6 Å². The fourth-order valence-electron chi connectivity index (χ4n) is 2.13. The van der Waals surface area contributed by atoms with E-state index in [1.807, 2.05) is 55.5 Å². The molecule has 0 atom stereocenters. The molecule has 0 spiro atoms. The summed E-state index contributed by atoms with van der Waals surface area (Å²) in [7, 11) is 1.70. The van der Waals surface area contributed by atoms with Crippen LogP contribution in [0.4, 0.5) is 5.69 Å². The number of nitrogens with one attached hydrogen (secondary N) is 1. The molecule has 2 amide bonds. The number of halogens is 1. The van der Waals surface area contributed by atoms with Crippen LogP contribution < -0.4 is 5.32 Å². The first-order valence-electron chi connectivity index (χ1n) is 7.29. The first-order chi connectivity index (χ1) is 11.0. The van der Waals surface area contributed by atoms with Crippen molar-refractivity contribution in [3.63, 3.8) is 0 Å². The molecule has 0 fully saturated rings. The first-order valence-corrected chi connectivity index (χ1v) is 8.09. The van der Waals surface area contributed by atoms with E-state index in [9.17, 15) is 9.59 Å². The highest BCUT2D eigenvalue weighted by molar-refractivity contribution is 9.10. The molecule has 0 bridgehead atoms. The third kappa shape index (κ3) is 5.21. The second kappa shape index (κ2) is 7.92. The Morgan fingerprint density at radius 3 is 2.48 bits per heavy atom. The normalized spacial score (nSPS) is 10.2. The van der Waals surface area contributed by atoms with Gasteiger partial charge >= 0.3 is 0 Å². The maximum atomic E-state index is 12.1. The maximum Gasteiger partial charge on any atom is 0.233 e. The predicted octanol–water partition coefficient (Wildman–Crippen LogP) is 3.74. The molecule has 23 heavy (non-hydrogen) atoms. The maximum absolute atomic E-state index is 12.1. The van der Waals surface area contributed by atoms with Gasteiger partial charge in [-0.3, -0.25) is 9.59 Å². The van der Waals surface area contributed by atoms with E-state index < -0.39 is 0 Å². The lowest BCUT2D eigenvalue weighted by Crippen LogP contribution is -2.30. The van der Waals surface area contributed by atoms with E-state index >= 15 is 0 Å². The molecule has 0 aliphatic rings. The quantitative estimate of drug-likeness (QED) is 0.810. The zero-order valence-corrected chi connectivity index (χ0v) is 14.8.